The van der Waals surface area contributed by atoms with Gasteiger partial charge in [0.2, 0.25) is 5.91 Å². The van der Waals surface area contributed by atoms with E-state index in [1.54, 1.807) is 24.3 Å². The Bertz CT molecular complexity index is 710. The lowest BCUT2D eigenvalue weighted by Crippen LogP contribution is -2.18. The molecule has 1 aliphatic rings. The lowest BCUT2D eigenvalue weighted by atomic mass is 10.0. The minimum absolute atomic E-state index is 0.0199. The summed E-state index contributed by atoms with van der Waals surface area (Å²) in [5.74, 6) is 1.19. The maximum absolute atomic E-state index is 11.3. The van der Waals surface area contributed by atoms with E-state index in [4.69, 9.17) is 4.74 Å². The largest absolute Gasteiger partial charge is 0.457 e. The molecular formula is C15H12N2O4. The number of hydrogen-bond acceptors (Lipinski definition) is 4. The van der Waals surface area contributed by atoms with Gasteiger partial charge in [0.15, 0.2) is 0 Å². The number of fused-ring (bicyclic) bond motifs is 1. The summed E-state index contributed by atoms with van der Waals surface area (Å²) in [5.41, 5.74) is 1.85. The molecule has 0 spiro atoms. The number of anilines is 1. The van der Waals surface area contributed by atoms with Crippen LogP contribution in [0.4, 0.5) is 11.4 Å². The second kappa shape index (κ2) is 5.24. The highest BCUT2D eigenvalue weighted by Crippen LogP contribution is 2.30. The van der Waals surface area contributed by atoms with Gasteiger partial charge in [-0.15, -0.1) is 0 Å². The van der Waals surface area contributed by atoms with Crippen LogP contribution in [0.15, 0.2) is 42.5 Å². The highest BCUT2D eigenvalue weighted by atomic mass is 16.6. The SMILES string of the molecule is O=C1CCc2cc(Oc3ccc([N+](=O)[O-])cc3)ccc2N1. The zero-order valence-corrected chi connectivity index (χ0v) is 11.0. The molecule has 21 heavy (non-hydrogen) atoms. The predicted molar refractivity (Wildman–Crippen MR) is 76.6 cm³/mol. The fourth-order valence-corrected chi connectivity index (χ4v) is 2.20. The molecule has 0 radical (unpaired) electrons. The number of nitrogens with zero attached hydrogens (tertiary/aromatic N) is 1. The molecule has 1 amide bonds. The molecule has 3 rings (SSSR count). The highest BCUT2D eigenvalue weighted by molar-refractivity contribution is 5.94. The first-order chi connectivity index (χ1) is 10.1. The Kier molecular flexibility index (Phi) is 3.27. The molecule has 0 atom stereocenters. The molecular weight excluding hydrogens is 272 g/mol. The van der Waals surface area contributed by atoms with Gasteiger partial charge in [0.25, 0.3) is 5.69 Å². The molecule has 1 aliphatic heterocycles. The van der Waals surface area contributed by atoms with Crippen LogP contribution >= 0.6 is 0 Å². The zero-order valence-electron chi connectivity index (χ0n) is 11.0. The van der Waals surface area contributed by atoms with Crippen LogP contribution in [0.1, 0.15) is 12.0 Å². The van der Waals surface area contributed by atoms with Crippen molar-refractivity contribution in [3.8, 4) is 11.5 Å². The molecule has 0 bridgehead atoms. The average Bonchev–Trinajstić information content (AvgIpc) is 2.48. The number of ether oxygens (including phenoxy) is 1. The molecule has 106 valence electrons. The van der Waals surface area contributed by atoms with Gasteiger partial charge in [-0.1, -0.05) is 0 Å². The molecule has 1 heterocycles. The first-order valence-corrected chi connectivity index (χ1v) is 6.47. The van der Waals surface area contributed by atoms with Crippen molar-refractivity contribution in [3.63, 3.8) is 0 Å². The lowest BCUT2D eigenvalue weighted by Gasteiger charge is -2.17. The van der Waals surface area contributed by atoms with Gasteiger partial charge < -0.3 is 10.1 Å². The number of carbonyl (C=O) groups is 1. The number of benzene rings is 2. The second-order valence-electron chi connectivity index (χ2n) is 4.72. The number of aryl methyl sites for hydroxylation is 1. The number of carbonyl (C=O) groups excluding carboxylic acids is 1. The van der Waals surface area contributed by atoms with Gasteiger partial charge in [-0.05, 0) is 42.3 Å². The molecule has 6 nitrogen and oxygen atoms in total. The van der Waals surface area contributed by atoms with Crippen molar-refractivity contribution in [2.45, 2.75) is 12.8 Å². The molecule has 6 heteroatoms. The van der Waals surface area contributed by atoms with Crippen LogP contribution in [0.25, 0.3) is 0 Å². The van der Waals surface area contributed by atoms with Crippen molar-refractivity contribution in [1.82, 2.24) is 0 Å². The van der Waals surface area contributed by atoms with Crippen molar-refractivity contribution < 1.29 is 14.5 Å². The first-order valence-electron chi connectivity index (χ1n) is 6.47. The van der Waals surface area contributed by atoms with Gasteiger partial charge in [-0.2, -0.15) is 0 Å². The minimum atomic E-state index is -0.453. The number of nitro groups is 1. The molecule has 0 fully saturated rings. The Hall–Kier alpha value is -2.89. The number of hydrogen-bond donors (Lipinski definition) is 1. The minimum Gasteiger partial charge on any atom is -0.457 e. The zero-order chi connectivity index (χ0) is 14.8. The summed E-state index contributed by atoms with van der Waals surface area (Å²) in [6.07, 6.45) is 1.15. The maximum Gasteiger partial charge on any atom is 0.269 e. The Morgan fingerprint density at radius 1 is 1.05 bits per heavy atom. The van der Waals surface area contributed by atoms with Crippen LogP contribution in [-0.4, -0.2) is 10.8 Å². The van der Waals surface area contributed by atoms with E-state index in [-0.39, 0.29) is 11.6 Å². The lowest BCUT2D eigenvalue weighted by molar-refractivity contribution is -0.384. The molecule has 0 aliphatic carbocycles. The van der Waals surface area contributed by atoms with E-state index in [0.29, 0.717) is 24.3 Å². The Morgan fingerprint density at radius 2 is 1.76 bits per heavy atom. The molecule has 2 aromatic carbocycles. The van der Waals surface area contributed by atoms with E-state index < -0.39 is 4.92 Å². The van der Waals surface area contributed by atoms with Crippen molar-refractivity contribution in [3.05, 3.63) is 58.1 Å². The van der Waals surface area contributed by atoms with Gasteiger partial charge in [-0.25, -0.2) is 0 Å². The number of nitro benzene ring substituents is 1. The molecule has 2 aromatic rings. The fraction of sp³-hybridized carbons (Fsp3) is 0.133. The number of non-ortho nitro benzene ring substituents is 1. The Balaban J connectivity index is 1.79. The van der Waals surface area contributed by atoms with Gasteiger partial charge in [0.1, 0.15) is 11.5 Å². The molecule has 0 saturated heterocycles. The summed E-state index contributed by atoms with van der Waals surface area (Å²) < 4.78 is 5.67. The van der Waals surface area contributed by atoms with Gasteiger partial charge in [-0.3, -0.25) is 14.9 Å². The van der Waals surface area contributed by atoms with E-state index >= 15 is 0 Å². The summed E-state index contributed by atoms with van der Waals surface area (Å²) in [7, 11) is 0. The summed E-state index contributed by atoms with van der Waals surface area (Å²) >= 11 is 0. The van der Waals surface area contributed by atoms with Gasteiger partial charge in [0, 0.05) is 24.2 Å². The van der Waals surface area contributed by atoms with Gasteiger partial charge >= 0.3 is 0 Å². The molecule has 1 N–H and O–H groups in total. The second-order valence-corrected chi connectivity index (χ2v) is 4.72. The number of nitrogens with one attached hydrogen (secondary N) is 1. The van der Waals surface area contributed by atoms with Crippen LogP contribution in [0.2, 0.25) is 0 Å². The van der Waals surface area contributed by atoms with Crippen molar-refractivity contribution in [2.24, 2.45) is 0 Å². The van der Waals surface area contributed by atoms with Crippen LogP contribution in [0.5, 0.6) is 11.5 Å². The normalized spacial score (nSPS) is 13.2. The third-order valence-corrected chi connectivity index (χ3v) is 3.26. The quantitative estimate of drug-likeness (QED) is 0.692. The summed E-state index contributed by atoms with van der Waals surface area (Å²) in [6.45, 7) is 0. The van der Waals surface area contributed by atoms with Crippen LogP contribution < -0.4 is 10.1 Å². The van der Waals surface area contributed by atoms with Crippen molar-refractivity contribution >= 4 is 17.3 Å². The van der Waals surface area contributed by atoms with Crippen LogP contribution in [0, 0.1) is 10.1 Å². The number of amides is 1. The molecule has 0 saturated carbocycles. The monoisotopic (exact) mass is 284 g/mol. The fourth-order valence-electron chi connectivity index (χ4n) is 2.20. The molecule has 0 aromatic heterocycles. The first kappa shape index (κ1) is 13.1. The third kappa shape index (κ3) is 2.84. The average molecular weight is 284 g/mol. The molecule has 0 unspecified atom stereocenters. The van der Waals surface area contributed by atoms with E-state index in [9.17, 15) is 14.9 Å². The van der Waals surface area contributed by atoms with Crippen molar-refractivity contribution in [2.75, 3.05) is 5.32 Å². The standard InChI is InChI=1S/C15H12N2O4/c18-15-8-1-10-9-13(6-7-14(10)16-15)21-12-4-2-11(3-5-12)17(19)20/h2-7,9H,1,8H2,(H,16,18). The van der Waals surface area contributed by atoms with Gasteiger partial charge in [0.05, 0.1) is 4.92 Å². The summed E-state index contributed by atoms with van der Waals surface area (Å²) in [5, 5.41) is 13.4. The third-order valence-electron chi connectivity index (χ3n) is 3.26. The maximum atomic E-state index is 11.3. The Morgan fingerprint density at radius 3 is 2.48 bits per heavy atom. The van der Waals surface area contributed by atoms with Crippen LogP contribution in [-0.2, 0) is 11.2 Å². The highest BCUT2D eigenvalue weighted by Gasteiger charge is 2.15. The smallest absolute Gasteiger partial charge is 0.269 e. The summed E-state index contributed by atoms with van der Waals surface area (Å²) in [6, 6.07) is 11.3. The van der Waals surface area contributed by atoms with Crippen molar-refractivity contribution in [1.29, 1.82) is 0 Å². The van der Waals surface area contributed by atoms with E-state index in [1.165, 1.54) is 12.1 Å². The van der Waals surface area contributed by atoms with E-state index in [1.807, 2.05) is 6.07 Å². The van der Waals surface area contributed by atoms with E-state index in [2.05, 4.69) is 5.32 Å². The van der Waals surface area contributed by atoms with Crippen LogP contribution in [0.3, 0.4) is 0 Å². The topological polar surface area (TPSA) is 81.5 Å². The predicted octanol–water partition coefficient (Wildman–Crippen LogP) is 3.27. The van der Waals surface area contributed by atoms with E-state index in [0.717, 1.165) is 11.3 Å². The number of rotatable bonds is 3. The summed E-state index contributed by atoms with van der Waals surface area (Å²) in [4.78, 5) is 21.4. The Labute approximate surface area is 120 Å².